The van der Waals surface area contributed by atoms with Crippen LogP contribution in [0.25, 0.3) is 0 Å². The van der Waals surface area contributed by atoms with Crippen molar-refractivity contribution < 1.29 is 4.79 Å². The van der Waals surface area contributed by atoms with E-state index in [4.69, 9.17) is 0 Å². The molecule has 17 heavy (non-hydrogen) atoms. The molecule has 0 N–H and O–H groups in total. The summed E-state index contributed by atoms with van der Waals surface area (Å²) in [6.07, 6.45) is 1.63. The van der Waals surface area contributed by atoms with E-state index < -0.39 is 0 Å². The van der Waals surface area contributed by atoms with E-state index in [1.165, 1.54) is 16.6 Å². The fourth-order valence-corrected chi connectivity index (χ4v) is 3.23. The summed E-state index contributed by atoms with van der Waals surface area (Å²) in [6.45, 7) is 4.00. The monoisotopic (exact) mass is 267 g/mol. The third kappa shape index (κ3) is 2.76. The van der Waals surface area contributed by atoms with Gasteiger partial charge in [0, 0.05) is 22.4 Å². The van der Waals surface area contributed by atoms with E-state index in [2.05, 4.69) is 10.2 Å². The van der Waals surface area contributed by atoms with Gasteiger partial charge in [0.2, 0.25) is 0 Å². The number of ketones is 1. The molecule has 0 amide bonds. The number of thiophene rings is 1. The highest BCUT2D eigenvalue weighted by Crippen LogP contribution is 2.23. The first-order valence-corrected chi connectivity index (χ1v) is 6.95. The Labute approximate surface area is 108 Å². The summed E-state index contributed by atoms with van der Waals surface area (Å²) in [7, 11) is 1.87. The molecule has 6 heteroatoms. The summed E-state index contributed by atoms with van der Waals surface area (Å²) in [5.41, 5.74) is 0.835. The third-order valence-electron chi connectivity index (χ3n) is 2.34. The summed E-state index contributed by atoms with van der Waals surface area (Å²) >= 11 is 3.08. The fourth-order valence-electron chi connectivity index (χ4n) is 1.52. The highest BCUT2D eigenvalue weighted by molar-refractivity contribution is 7.99. The van der Waals surface area contributed by atoms with Crippen molar-refractivity contribution in [2.75, 3.05) is 5.75 Å². The van der Waals surface area contributed by atoms with Gasteiger partial charge in [0.15, 0.2) is 10.9 Å². The number of aryl methyl sites for hydroxylation is 3. The van der Waals surface area contributed by atoms with Crippen molar-refractivity contribution in [2.45, 2.75) is 19.0 Å². The lowest BCUT2D eigenvalue weighted by atomic mass is 10.2. The SMILES string of the molecule is Cc1cc(C(=O)CSc2nncn2C)c(C)s1. The first kappa shape index (κ1) is 12.3. The maximum absolute atomic E-state index is 12.0. The van der Waals surface area contributed by atoms with Gasteiger partial charge in [-0.3, -0.25) is 4.79 Å². The number of thioether (sulfide) groups is 1. The van der Waals surface area contributed by atoms with Crippen molar-refractivity contribution >= 4 is 28.9 Å². The Hall–Kier alpha value is -1.14. The zero-order valence-corrected chi connectivity index (χ0v) is 11.6. The van der Waals surface area contributed by atoms with Gasteiger partial charge in [-0.05, 0) is 19.9 Å². The second-order valence-electron chi connectivity index (χ2n) is 3.76. The minimum Gasteiger partial charge on any atom is -0.312 e. The largest absolute Gasteiger partial charge is 0.312 e. The minimum absolute atomic E-state index is 0.153. The summed E-state index contributed by atoms with van der Waals surface area (Å²) < 4.78 is 1.81. The number of hydrogen-bond donors (Lipinski definition) is 0. The van der Waals surface area contributed by atoms with Gasteiger partial charge in [-0.2, -0.15) is 0 Å². The summed E-state index contributed by atoms with van der Waals surface area (Å²) in [5, 5.41) is 8.48. The summed E-state index contributed by atoms with van der Waals surface area (Å²) in [4.78, 5) is 14.3. The van der Waals surface area contributed by atoms with E-state index in [1.54, 1.807) is 17.7 Å². The van der Waals surface area contributed by atoms with Crippen LogP contribution in [0.1, 0.15) is 20.1 Å². The molecule has 4 nitrogen and oxygen atoms in total. The van der Waals surface area contributed by atoms with E-state index in [0.29, 0.717) is 5.75 Å². The number of carbonyl (C=O) groups is 1. The Balaban J connectivity index is 2.03. The second kappa shape index (κ2) is 5.01. The average molecular weight is 267 g/mol. The van der Waals surface area contributed by atoms with Crippen molar-refractivity contribution in [1.29, 1.82) is 0 Å². The zero-order chi connectivity index (χ0) is 12.4. The molecule has 2 rings (SSSR count). The normalized spacial score (nSPS) is 10.8. The van der Waals surface area contributed by atoms with Crippen molar-refractivity contribution in [1.82, 2.24) is 14.8 Å². The fraction of sp³-hybridized carbons (Fsp3) is 0.364. The molecule has 0 radical (unpaired) electrons. The predicted octanol–water partition coefficient (Wildman–Crippen LogP) is 2.47. The van der Waals surface area contributed by atoms with Gasteiger partial charge in [0.05, 0.1) is 5.75 Å². The van der Waals surface area contributed by atoms with E-state index in [9.17, 15) is 4.79 Å². The van der Waals surface area contributed by atoms with Gasteiger partial charge < -0.3 is 4.57 Å². The number of rotatable bonds is 4. The van der Waals surface area contributed by atoms with E-state index >= 15 is 0 Å². The second-order valence-corrected chi connectivity index (χ2v) is 6.17. The maximum Gasteiger partial charge on any atom is 0.191 e. The Morgan fingerprint density at radius 3 is 2.82 bits per heavy atom. The number of hydrogen-bond acceptors (Lipinski definition) is 5. The van der Waals surface area contributed by atoms with Crippen LogP contribution in [0, 0.1) is 13.8 Å². The first-order valence-electron chi connectivity index (χ1n) is 5.15. The van der Waals surface area contributed by atoms with Crippen LogP contribution in [0.2, 0.25) is 0 Å². The van der Waals surface area contributed by atoms with Crippen LogP contribution in [-0.2, 0) is 7.05 Å². The van der Waals surface area contributed by atoms with Gasteiger partial charge >= 0.3 is 0 Å². The van der Waals surface area contributed by atoms with Crippen molar-refractivity contribution in [3.63, 3.8) is 0 Å². The molecule has 2 heterocycles. The molecule has 0 aliphatic rings. The molecule has 0 unspecified atom stereocenters. The molecule has 0 spiro atoms. The number of carbonyl (C=O) groups excluding carboxylic acids is 1. The first-order chi connectivity index (χ1) is 8.08. The zero-order valence-electron chi connectivity index (χ0n) is 9.93. The van der Waals surface area contributed by atoms with Gasteiger partial charge in [-0.1, -0.05) is 11.8 Å². The summed E-state index contributed by atoms with van der Waals surface area (Å²) in [6, 6.07) is 1.96. The van der Waals surface area contributed by atoms with Crippen LogP contribution in [0.3, 0.4) is 0 Å². The smallest absolute Gasteiger partial charge is 0.191 e. The highest BCUT2D eigenvalue weighted by atomic mass is 32.2. The standard InChI is InChI=1S/C11H13N3OS2/c1-7-4-9(8(2)17-7)10(15)5-16-11-13-12-6-14(11)3/h4,6H,5H2,1-3H3. The lowest BCUT2D eigenvalue weighted by Gasteiger charge is -2.00. The van der Waals surface area contributed by atoms with Crippen LogP contribution in [0.4, 0.5) is 0 Å². The molecule has 0 aliphatic carbocycles. The molecule has 0 aromatic carbocycles. The van der Waals surface area contributed by atoms with Gasteiger partial charge in [0.1, 0.15) is 6.33 Å². The molecule has 0 aliphatic heterocycles. The molecule has 0 bridgehead atoms. The topological polar surface area (TPSA) is 47.8 Å². The van der Waals surface area contributed by atoms with Crippen LogP contribution in [0.5, 0.6) is 0 Å². The number of aromatic nitrogens is 3. The molecule has 0 saturated heterocycles. The van der Waals surface area contributed by atoms with Crippen molar-refractivity contribution in [3.8, 4) is 0 Å². The average Bonchev–Trinajstić information content (AvgIpc) is 2.81. The van der Waals surface area contributed by atoms with Gasteiger partial charge in [-0.25, -0.2) is 0 Å². The minimum atomic E-state index is 0.153. The quantitative estimate of drug-likeness (QED) is 0.630. The Bertz CT molecular complexity index is 545. The Kier molecular flexibility index (Phi) is 3.63. The number of Topliss-reactive ketones (excluding diaryl/α,β-unsaturated/α-hetero) is 1. The molecule has 2 aromatic heterocycles. The molecular formula is C11H13N3OS2. The van der Waals surface area contributed by atoms with Crippen molar-refractivity contribution in [3.05, 3.63) is 27.7 Å². The molecule has 2 aromatic rings. The Morgan fingerprint density at radius 2 is 2.29 bits per heavy atom. The molecular weight excluding hydrogens is 254 g/mol. The molecule has 0 saturated carbocycles. The van der Waals surface area contributed by atoms with Gasteiger partial charge in [-0.15, -0.1) is 21.5 Å². The summed E-state index contributed by atoms with van der Waals surface area (Å²) in [5.74, 6) is 0.559. The van der Waals surface area contributed by atoms with Crippen LogP contribution < -0.4 is 0 Å². The molecule has 90 valence electrons. The van der Waals surface area contributed by atoms with E-state index in [0.717, 1.165) is 15.6 Å². The molecule has 0 atom stereocenters. The lowest BCUT2D eigenvalue weighted by Crippen LogP contribution is -2.03. The van der Waals surface area contributed by atoms with Gasteiger partial charge in [0.25, 0.3) is 0 Å². The van der Waals surface area contributed by atoms with Crippen LogP contribution in [0.15, 0.2) is 17.6 Å². The predicted molar refractivity (Wildman–Crippen MR) is 69.9 cm³/mol. The van der Waals surface area contributed by atoms with Crippen LogP contribution >= 0.6 is 23.1 Å². The Morgan fingerprint density at radius 1 is 1.53 bits per heavy atom. The lowest BCUT2D eigenvalue weighted by molar-refractivity contribution is 0.102. The highest BCUT2D eigenvalue weighted by Gasteiger charge is 2.13. The molecule has 0 fully saturated rings. The van der Waals surface area contributed by atoms with E-state index in [-0.39, 0.29) is 5.78 Å². The van der Waals surface area contributed by atoms with Crippen LogP contribution in [-0.4, -0.2) is 26.3 Å². The maximum atomic E-state index is 12.0. The number of nitrogens with zero attached hydrogens (tertiary/aromatic N) is 3. The van der Waals surface area contributed by atoms with E-state index in [1.807, 2.05) is 31.5 Å². The third-order valence-corrected chi connectivity index (χ3v) is 4.34. The van der Waals surface area contributed by atoms with Crippen molar-refractivity contribution in [2.24, 2.45) is 7.05 Å².